The van der Waals surface area contributed by atoms with Gasteiger partial charge in [-0.05, 0) is 25.5 Å². The zero-order valence-electron chi connectivity index (χ0n) is 11.3. The van der Waals surface area contributed by atoms with Gasteiger partial charge in [0.25, 0.3) is 0 Å². The van der Waals surface area contributed by atoms with Crippen molar-refractivity contribution in [3.8, 4) is 6.07 Å². The van der Waals surface area contributed by atoms with Crippen LogP contribution in [0.25, 0.3) is 0 Å². The van der Waals surface area contributed by atoms with Crippen molar-refractivity contribution in [2.75, 3.05) is 32.1 Å². The van der Waals surface area contributed by atoms with Crippen LogP contribution in [0, 0.1) is 18.3 Å². The van der Waals surface area contributed by atoms with Gasteiger partial charge in [0.15, 0.2) is 0 Å². The lowest BCUT2D eigenvalue weighted by molar-refractivity contribution is -0.127. The molecule has 0 aliphatic rings. The molecule has 0 atom stereocenters. The lowest BCUT2D eigenvalue weighted by atomic mass is 10.1. The highest BCUT2D eigenvalue weighted by atomic mass is 16.2. The number of carbonyl (C=O) groups is 1. The van der Waals surface area contributed by atoms with Crippen molar-refractivity contribution in [1.82, 2.24) is 9.88 Å². The van der Waals surface area contributed by atoms with Gasteiger partial charge in [-0.1, -0.05) is 0 Å². The van der Waals surface area contributed by atoms with Crippen LogP contribution in [0.2, 0.25) is 0 Å². The maximum atomic E-state index is 11.7. The SMILES string of the molecule is CCN(CC(=O)N(C)C)c1nccc(C)c1C#N. The summed E-state index contributed by atoms with van der Waals surface area (Å²) in [5.74, 6) is 0.569. The number of pyridine rings is 1. The molecule has 1 amide bonds. The van der Waals surface area contributed by atoms with E-state index in [0.29, 0.717) is 17.9 Å². The van der Waals surface area contributed by atoms with E-state index in [1.54, 1.807) is 26.4 Å². The van der Waals surface area contributed by atoms with Crippen molar-refractivity contribution in [3.63, 3.8) is 0 Å². The molecule has 0 spiro atoms. The first kappa shape index (κ1) is 14.0. The first-order valence-electron chi connectivity index (χ1n) is 5.82. The van der Waals surface area contributed by atoms with E-state index in [2.05, 4.69) is 11.1 Å². The van der Waals surface area contributed by atoms with Crippen LogP contribution in [0.15, 0.2) is 12.3 Å². The molecule has 5 nitrogen and oxygen atoms in total. The standard InChI is InChI=1S/C13H18N4O/c1-5-17(9-12(18)16(3)4)13-11(8-14)10(2)6-7-15-13/h6-7H,5,9H2,1-4H3. The fraction of sp³-hybridized carbons (Fsp3) is 0.462. The highest BCUT2D eigenvalue weighted by Gasteiger charge is 2.16. The fourth-order valence-corrected chi connectivity index (χ4v) is 1.56. The van der Waals surface area contributed by atoms with Crippen molar-refractivity contribution in [3.05, 3.63) is 23.4 Å². The summed E-state index contributed by atoms with van der Waals surface area (Å²) < 4.78 is 0. The molecule has 0 aliphatic carbocycles. The fourth-order valence-electron chi connectivity index (χ4n) is 1.56. The molecule has 0 bridgehead atoms. The lowest BCUT2D eigenvalue weighted by Crippen LogP contribution is -2.37. The van der Waals surface area contributed by atoms with Gasteiger partial charge in [-0.25, -0.2) is 4.98 Å². The van der Waals surface area contributed by atoms with Crippen LogP contribution < -0.4 is 4.90 Å². The Bertz CT molecular complexity index is 476. The molecule has 0 aliphatic heterocycles. The Hall–Kier alpha value is -2.09. The van der Waals surface area contributed by atoms with E-state index in [-0.39, 0.29) is 12.5 Å². The average molecular weight is 246 g/mol. The van der Waals surface area contributed by atoms with Crippen molar-refractivity contribution in [2.45, 2.75) is 13.8 Å². The Kier molecular flexibility index (Phi) is 4.67. The van der Waals surface area contributed by atoms with Crippen LogP contribution in [0.3, 0.4) is 0 Å². The molecule has 1 heterocycles. The molecular weight excluding hydrogens is 228 g/mol. The van der Waals surface area contributed by atoms with E-state index in [0.717, 1.165) is 5.56 Å². The minimum Gasteiger partial charge on any atom is -0.347 e. The quantitative estimate of drug-likeness (QED) is 0.800. The predicted octanol–water partition coefficient (Wildman–Crippen LogP) is 1.18. The van der Waals surface area contributed by atoms with Crippen LogP contribution in [0.4, 0.5) is 5.82 Å². The molecule has 18 heavy (non-hydrogen) atoms. The zero-order valence-corrected chi connectivity index (χ0v) is 11.3. The second-order valence-electron chi connectivity index (χ2n) is 4.24. The van der Waals surface area contributed by atoms with Gasteiger partial charge < -0.3 is 9.80 Å². The lowest BCUT2D eigenvalue weighted by Gasteiger charge is -2.24. The number of carbonyl (C=O) groups excluding carboxylic acids is 1. The predicted molar refractivity (Wildman–Crippen MR) is 70.3 cm³/mol. The van der Waals surface area contributed by atoms with Crippen molar-refractivity contribution in [1.29, 1.82) is 5.26 Å². The first-order chi connectivity index (χ1) is 8.51. The zero-order chi connectivity index (χ0) is 13.7. The summed E-state index contributed by atoms with van der Waals surface area (Å²) in [6.45, 7) is 4.67. The summed E-state index contributed by atoms with van der Waals surface area (Å²) >= 11 is 0. The highest BCUT2D eigenvalue weighted by Crippen LogP contribution is 2.19. The van der Waals surface area contributed by atoms with Gasteiger partial charge in [0.1, 0.15) is 11.9 Å². The summed E-state index contributed by atoms with van der Waals surface area (Å²) in [5.41, 5.74) is 1.41. The van der Waals surface area contributed by atoms with Crippen molar-refractivity contribution < 1.29 is 4.79 Å². The number of aromatic nitrogens is 1. The van der Waals surface area contributed by atoms with Gasteiger partial charge in [-0.3, -0.25) is 4.79 Å². The number of hydrogen-bond acceptors (Lipinski definition) is 4. The number of rotatable bonds is 4. The average Bonchev–Trinajstić information content (AvgIpc) is 2.35. The normalized spacial score (nSPS) is 9.72. The van der Waals surface area contributed by atoms with E-state index >= 15 is 0 Å². The summed E-state index contributed by atoms with van der Waals surface area (Å²) in [6, 6.07) is 3.95. The first-order valence-corrected chi connectivity index (χ1v) is 5.82. The molecule has 0 saturated heterocycles. The summed E-state index contributed by atoms with van der Waals surface area (Å²) in [6.07, 6.45) is 1.66. The molecule has 0 aromatic carbocycles. The van der Waals surface area contributed by atoms with Gasteiger partial charge in [-0.2, -0.15) is 5.26 Å². The third-order valence-electron chi connectivity index (χ3n) is 2.76. The van der Waals surface area contributed by atoms with Crippen molar-refractivity contribution in [2.24, 2.45) is 0 Å². The van der Waals surface area contributed by atoms with E-state index in [1.165, 1.54) is 4.90 Å². The Balaban J connectivity index is 3.07. The van der Waals surface area contributed by atoms with Crippen LogP contribution in [0.5, 0.6) is 0 Å². The number of amides is 1. The Morgan fingerprint density at radius 1 is 1.50 bits per heavy atom. The van der Waals surface area contributed by atoms with Crippen LogP contribution in [0.1, 0.15) is 18.1 Å². The van der Waals surface area contributed by atoms with E-state index in [1.807, 2.05) is 18.7 Å². The van der Waals surface area contributed by atoms with Gasteiger partial charge in [0, 0.05) is 26.8 Å². The topological polar surface area (TPSA) is 60.2 Å². The number of aryl methyl sites for hydroxylation is 1. The van der Waals surface area contributed by atoms with E-state index < -0.39 is 0 Å². The molecule has 0 saturated carbocycles. The molecule has 0 unspecified atom stereocenters. The number of anilines is 1. The Morgan fingerprint density at radius 2 is 2.17 bits per heavy atom. The largest absolute Gasteiger partial charge is 0.347 e. The smallest absolute Gasteiger partial charge is 0.241 e. The van der Waals surface area contributed by atoms with Gasteiger partial charge >= 0.3 is 0 Å². The van der Waals surface area contributed by atoms with Crippen LogP contribution >= 0.6 is 0 Å². The summed E-state index contributed by atoms with van der Waals surface area (Å²) in [7, 11) is 3.43. The molecule has 1 aromatic rings. The molecule has 96 valence electrons. The third-order valence-corrected chi connectivity index (χ3v) is 2.76. The monoisotopic (exact) mass is 246 g/mol. The minimum atomic E-state index is -0.0101. The second-order valence-corrected chi connectivity index (χ2v) is 4.24. The number of hydrogen-bond donors (Lipinski definition) is 0. The third kappa shape index (κ3) is 2.98. The summed E-state index contributed by atoms with van der Waals surface area (Å²) in [5, 5.41) is 9.17. The van der Waals surface area contributed by atoms with Crippen molar-refractivity contribution >= 4 is 11.7 Å². The molecule has 1 rings (SSSR count). The molecule has 1 aromatic heterocycles. The Morgan fingerprint density at radius 3 is 2.67 bits per heavy atom. The molecule has 5 heteroatoms. The van der Waals surface area contributed by atoms with Gasteiger partial charge in [-0.15, -0.1) is 0 Å². The number of likely N-dealkylation sites (N-methyl/N-ethyl adjacent to an activating group) is 2. The molecule has 0 N–H and O–H groups in total. The highest BCUT2D eigenvalue weighted by molar-refractivity contribution is 5.81. The number of nitriles is 1. The maximum Gasteiger partial charge on any atom is 0.241 e. The van der Waals surface area contributed by atoms with Gasteiger partial charge in [0.05, 0.1) is 12.1 Å². The van der Waals surface area contributed by atoms with E-state index in [4.69, 9.17) is 0 Å². The van der Waals surface area contributed by atoms with Crippen LogP contribution in [-0.4, -0.2) is 43.0 Å². The van der Waals surface area contributed by atoms with Gasteiger partial charge in [0.2, 0.25) is 5.91 Å². The Labute approximate surface area is 108 Å². The summed E-state index contributed by atoms with van der Waals surface area (Å²) in [4.78, 5) is 19.3. The second kappa shape index (κ2) is 6.01. The number of nitrogens with zero attached hydrogens (tertiary/aromatic N) is 4. The molecular formula is C13H18N4O. The minimum absolute atomic E-state index is 0.0101. The maximum absolute atomic E-state index is 11.7. The van der Waals surface area contributed by atoms with E-state index in [9.17, 15) is 10.1 Å². The van der Waals surface area contributed by atoms with Crippen LogP contribution in [-0.2, 0) is 4.79 Å². The molecule has 0 fully saturated rings. The molecule has 0 radical (unpaired) electrons.